The lowest BCUT2D eigenvalue weighted by Gasteiger charge is -2.31. The largest absolute Gasteiger partial charge is 0.372 e. The van der Waals surface area contributed by atoms with E-state index in [1.807, 2.05) is 36.9 Å². The SMILES string of the molecule is CCOCC(=O)N1C[C@@H]2CN(C(=O)CNC(N)=O)C[C@@H]2[C@H]1c1ccccc1C. The van der Waals surface area contributed by atoms with Crippen molar-refractivity contribution in [3.63, 3.8) is 0 Å². The van der Waals surface area contributed by atoms with Crippen molar-refractivity contribution in [2.75, 3.05) is 39.4 Å². The van der Waals surface area contributed by atoms with Crippen LogP contribution in [0.5, 0.6) is 0 Å². The number of ether oxygens (including phenoxy) is 1. The Balaban J connectivity index is 1.80. The Kier molecular flexibility index (Phi) is 6.18. The fourth-order valence-corrected chi connectivity index (χ4v) is 4.37. The monoisotopic (exact) mass is 388 g/mol. The zero-order valence-electron chi connectivity index (χ0n) is 16.4. The summed E-state index contributed by atoms with van der Waals surface area (Å²) in [4.78, 5) is 39.7. The zero-order chi connectivity index (χ0) is 20.3. The minimum Gasteiger partial charge on any atom is -0.372 e. The van der Waals surface area contributed by atoms with Gasteiger partial charge in [-0.1, -0.05) is 24.3 Å². The maximum absolute atomic E-state index is 12.8. The van der Waals surface area contributed by atoms with Gasteiger partial charge in [-0.25, -0.2) is 4.79 Å². The third kappa shape index (κ3) is 4.11. The Hall–Kier alpha value is -2.61. The van der Waals surface area contributed by atoms with Crippen LogP contribution in [0.4, 0.5) is 4.79 Å². The van der Waals surface area contributed by atoms with Crippen molar-refractivity contribution in [2.24, 2.45) is 17.6 Å². The number of nitrogens with one attached hydrogen (secondary N) is 1. The van der Waals surface area contributed by atoms with Gasteiger partial charge >= 0.3 is 6.03 Å². The van der Waals surface area contributed by atoms with E-state index >= 15 is 0 Å². The van der Waals surface area contributed by atoms with E-state index in [4.69, 9.17) is 10.5 Å². The van der Waals surface area contributed by atoms with E-state index in [2.05, 4.69) is 11.4 Å². The first-order valence-electron chi connectivity index (χ1n) is 9.66. The highest BCUT2D eigenvalue weighted by molar-refractivity contribution is 5.83. The first-order chi connectivity index (χ1) is 13.4. The number of primary amides is 1. The second-order valence-electron chi connectivity index (χ2n) is 7.43. The maximum atomic E-state index is 12.8. The van der Waals surface area contributed by atoms with Crippen LogP contribution in [0.1, 0.15) is 24.1 Å². The molecule has 4 amide bonds. The van der Waals surface area contributed by atoms with Crippen LogP contribution in [-0.2, 0) is 14.3 Å². The van der Waals surface area contributed by atoms with Gasteiger partial charge in [0.25, 0.3) is 0 Å². The second-order valence-corrected chi connectivity index (χ2v) is 7.43. The van der Waals surface area contributed by atoms with E-state index in [1.165, 1.54) is 0 Å². The maximum Gasteiger partial charge on any atom is 0.312 e. The highest BCUT2D eigenvalue weighted by Gasteiger charge is 2.50. The van der Waals surface area contributed by atoms with E-state index in [9.17, 15) is 14.4 Å². The summed E-state index contributed by atoms with van der Waals surface area (Å²) >= 11 is 0. The molecule has 152 valence electrons. The molecule has 2 aliphatic rings. The standard InChI is InChI=1S/C20H28N4O4/c1-3-28-12-18(26)24-10-14-9-23(17(25)8-22-20(21)27)11-16(14)19(24)15-7-5-4-6-13(15)2/h4-7,14,16,19H,3,8-12H2,1-2H3,(H3,21,22,27)/t14-,16-,19+/m0/s1. The number of carbonyl (C=O) groups is 3. The summed E-state index contributed by atoms with van der Waals surface area (Å²) in [7, 11) is 0. The van der Waals surface area contributed by atoms with E-state index in [-0.39, 0.29) is 42.8 Å². The predicted molar refractivity (Wildman–Crippen MR) is 103 cm³/mol. The second kappa shape index (κ2) is 8.60. The highest BCUT2D eigenvalue weighted by Crippen LogP contribution is 2.45. The molecule has 0 spiro atoms. The molecule has 2 heterocycles. The van der Waals surface area contributed by atoms with Gasteiger partial charge in [-0.15, -0.1) is 0 Å². The number of benzene rings is 1. The molecule has 8 nitrogen and oxygen atoms in total. The van der Waals surface area contributed by atoms with Gasteiger partial charge in [-0.2, -0.15) is 0 Å². The van der Waals surface area contributed by atoms with Crippen LogP contribution >= 0.6 is 0 Å². The molecule has 0 aliphatic carbocycles. The molecule has 3 rings (SSSR count). The van der Waals surface area contributed by atoms with Gasteiger partial charge in [-0.05, 0) is 25.0 Å². The average Bonchev–Trinajstić information content (AvgIpc) is 3.23. The molecule has 0 aromatic heterocycles. The van der Waals surface area contributed by atoms with Crippen molar-refractivity contribution in [3.8, 4) is 0 Å². The Morgan fingerprint density at radius 1 is 1.18 bits per heavy atom. The van der Waals surface area contributed by atoms with Crippen LogP contribution < -0.4 is 11.1 Å². The molecule has 3 N–H and O–H groups in total. The third-order valence-corrected chi connectivity index (χ3v) is 5.69. The van der Waals surface area contributed by atoms with Gasteiger partial charge in [0.05, 0.1) is 12.6 Å². The molecule has 1 aromatic carbocycles. The van der Waals surface area contributed by atoms with Crippen molar-refractivity contribution in [1.82, 2.24) is 15.1 Å². The molecular formula is C20H28N4O4. The smallest absolute Gasteiger partial charge is 0.312 e. The van der Waals surface area contributed by atoms with Crippen molar-refractivity contribution < 1.29 is 19.1 Å². The molecule has 0 radical (unpaired) electrons. The number of aryl methyl sites for hydroxylation is 1. The lowest BCUT2D eigenvalue weighted by atomic mass is 9.87. The Bertz CT molecular complexity index is 753. The topological polar surface area (TPSA) is 105 Å². The Morgan fingerprint density at radius 3 is 2.61 bits per heavy atom. The van der Waals surface area contributed by atoms with Crippen molar-refractivity contribution in [3.05, 3.63) is 35.4 Å². The van der Waals surface area contributed by atoms with Gasteiger partial charge in [0, 0.05) is 38.1 Å². The fraction of sp³-hybridized carbons (Fsp3) is 0.550. The average molecular weight is 388 g/mol. The van der Waals surface area contributed by atoms with E-state index in [0.29, 0.717) is 26.2 Å². The number of hydrogen-bond acceptors (Lipinski definition) is 4. The molecule has 28 heavy (non-hydrogen) atoms. The fourth-order valence-electron chi connectivity index (χ4n) is 4.37. The van der Waals surface area contributed by atoms with Gasteiger partial charge in [0.2, 0.25) is 11.8 Å². The zero-order valence-corrected chi connectivity index (χ0v) is 16.4. The molecule has 8 heteroatoms. The van der Waals surface area contributed by atoms with Gasteiger partial charge < -0.3 is 25.6 Å². The molecule has 3 atom stereocenters. The van der Waals surface area contributed by atoms with Crippen LogP contribution in [0, 0.1) is 18.8 Å². The van der Waals surface area contributed by atoms with Crippen LogP contribution in [-0.4, -0.2) is 67.0 Å². The number of fused-ring (bicyclic) bond motifs is 1. The predicted octanol–water partition coefficient (Wildman–Crippen LogP) is 0.658. The molecule has 2 saturated heterocycles. The number of likely N-dealkylation sites (tertiary alicyclic amines) is 2. The Labute approximate surface area is 165 Å². The quantitative estimate of drug-likeness (QED) is 0.747. The number of urea groups is 1. The summed E-state index contributed by atoms with van der Waals surface area (Å²) in [5.41, 5.74) is 7.30. The van der Waals surface area contributed by atoms with Crippen molar-refractivity contribution in [2.45, 2.75) is 19.9 Å². The van der Waals surface area contributed by atoms with Gasteiger partial charge in [0.1, 0.15) is 6.61 Å². The van der Waals surface area contributed by atoms with E-state index in [1.54, 1.807) is 4.90 Å². The number of nitrogens with zero attached hydrogens (tertiary/aromatic N) is 2. The molecule has 0 bridgehead atoms. The van der Waals surface area contributed by atoms with Crippen LogP contribution in [0.25, 0.3) is 0 Å². The molecular weight excluding hydrogens is 360 g/mol. The summed E-state index contributed by atoms with van der Waals surface area (Å²) in [5.74, 6) is 0.193. The van der Waals surface area contributed by atoms with E-state index < -0.39 is 6.03 Å². The molecule has 1 aromatic rings. The third-order valence-electron chi connectivity index (χ3n) is 5.69. The Morgan fingerprint density at radius 2 is 1.93 bits per heavy atom. The number of rotatable bonds is 6. The summed E-state index contributed by atoms with van der Waals surface area (Å²) in [6.07, 6.45) is 0. The molecule has 0 unspecified atom stereocenters. The number of carbonyl (C=O) groups excluding carboxylic acids is 3. The number of hydrogen-bond donors (Lipinski definition) is 2. The van der Waals surface area contributed by atoms with Gasteiger partial charge in [0.15, 0.2) is 0 Å². The van der Waals surface area contributed by atoms with Crippen LogP contribution in [0.15, 0.2) is 24.3 Å². The van der Waals surface area contributed by atoms with Crippen molar-refractivity contribution in [1.29, 1.82) is 0 Å². The number of amides is 4. The van der Waals surface area contributed by atoms with Crippen LogP contribution in [0.3, 0.4) is 0 Å². The first-order valence-corrected chi connectivity index (χ1v) is 9.66. The molecule has 2 fully saturated rings. The summed E-state index contributed by atoms with van der Waals surface area (Å²) in [6.45, 7) is 6.11. The highest BCUT2D eigenvalue weighted by atomic mass is 16.5. The molecule has 2 aliphatic heterocycles. The minimum atomic E-state index is -0.710. The van der Waals surface area contributed by atoms with Gasteiger partial charge in [-0.3, -0.25) is 9.59 Å². The van der Waals surface area contributed by atoms with E-state index in [0.717, 1.165) is 11.1 Å². The minimum absolute atomic E-state index is 0.0159. The summed E-state index contributed by atoms with van der Waals surface area (Å²) in [5, 5.41) is 2.36. The molecule has 0 saturated carbocycles. The lowest BCUT2D eigenvalue weighted by Crippen LogP contribution is -2.43. The normalized spacial score (nSPS) is 23.6. The van der Waals surface area contributed by atoms with Crippen LogP contribution in [0.2, 0.25) is 0 Å². The van der Waals surface area contributed by atoms with Crippen molar-refractivity contribution >= 4 is 17.8 Å². The number of nitrogens with two attached hydrogens (primary N) is 1. The summed E-state index contributed by atoms with van der Waals surface area (Å²) in [6, 6.07) is 7.28. The first kappa shape index (κ1) is 20.1. The summed E-state index contributed by atoms with van der Waals surface area (Å²) < 4.78 is 5.35. The lowest BCUT2D eigenvalue weighted by molar-refractivity contribution is -0.137.